The number of benzene rings is 1. The van der Waals surface area contributed by atoms with E-state index in [0.29, 0.717) is 12.2 Å². The summed E-state index contributed by atoms with van der Waals surface area (Å²) in [6.45, 7) is 2.70. The van der Waals surface area contributed by atoms with Gasteiger partial charge < -0.3 is 14.7 Å². The zero-order valence-corrected chi connectivity index (χ0v) is 12.4. The van der Waals surface area contributed by atoms with E-state index in [4.69, 9.17) is 0 Å². The van der Waals surface area contributed by atoms with Crippen molar-refractivity contribution >= 4 is 23.4 Å². The van der Waals surface area contributed by atoms with Gasteiger partial charge >= 0.3 is 0 Å². The number of thioether (sulfide) groups is 1. The molecule has 0 atom stereocenters. The molecule has 2 heterocycles. The zero-order valence-electron chi connectivity index (χ0n) is 11.6. The lowest BCUT2D eigenvalue weighted by Gasteiger charge is -2.28. The molecule has 21 heavy (non-hydrogen) atoms. The Morgan fingerprint density at radius 2 is 2.00 bits per heavy atom. The lowest BCUT2D eigenvalue weighted by atomic mass is 10.2. The van der Waals surface area contributed by atoms with E-state index in [2.05, 4.69) is 44.2 Å². The highest BCUT2D eigenvalue weighted by molar-refractivity contribution is 7.99. The second-order valence-electron chi connectivity index (χ2n) is 4.83. The largest absolute Gasteiger partial charge is 0.370 e. The fourth-order valence-corrected chi connectivity index (χ4v) is 3.15. The van der Waals surface area contributed by atoms with Crippen LogP contribution in [0.1, 0.15) is 16.1 Å². The number of carbonyl (C=O) groups excluding carboxylic acids is 1. The molecule has 1 N–H and O–H groups in total. The Labute approximate surface area is 127 Å². The summed E-state index contributed by atoms with van der Waals surface area (Å²) in [5.74, 6) is 2.16. The minimum atomic E-state index is -0.221. The molecule has 1 aromatic heterocycles. The van der Waals surface area contributed by atoms with Crippen LogP contribution in [0.3, 0.4) is 0 Å². The Kier molecular flexibility index (Phi) is 4.45. The van der Waals surface area contributed by atoms with Crippen molar-refractivity contribution in [3.8, 4) is 0 Å². The SMILES string of the molecule is O=C(NCc1ccc(N2CCSCC2)cc1)c1ccon1. The molecule has 2 aromatic rings. The minimum Gasteiger partial charge on any atom is -0.370 e. The summed E-state index contributed by atoms with van der Waals surface area (Å²) in [7, 11) is 0. The molecule has 1 fully saturated rings. The van der Waals surface area contributed by atoms with E-state index >= 15 is 0 Å². The predicted molar refractivity (Wildman–Crippen MR) is 83.7 cm³/mol. The topological polar surface area (TPSA) is 58.4 Å². The molecule has 0 radical (unpaired) electrons. The fourth-order valence-electron chi connectivity index (χ4n) is 2.25. The van der Waals surface area contributed by atoms with Crippen LogP contribution >= 0.6 is 11.8 Å². The van der Waals surface area contributed by atoms with Crippen LogP contribution in [0, 0.1) is 0 Å². The molecule has 1 aliphatic heterocycles. The molecule has 1 saturated heterocycles. The summed E-state index contributed by atoms with van der Waals surface area (Å²) < 4.78 is 4.65. The van der Waals surface area contributed by atoms with Gasteiger partial charge in [-0.15, -0.1) is 0 Å². The maximum Gasteiger partial charge on any atom is 0.273 e. The number of amides is 1. The van der Waals surface area contributed by atoms with E-state index in [1.807, 2.05) is 11.8 Å². The highest BCUT2D eigenvalue weighted by atomic mass is 32.2. The summed E-state index contributed by atoms with van der Waals surface area (Å²) in [6.07, 6.45) is 1.39. The smallest absolute Gasteiger partial charge is 0.273 e. The first-order valence-electron chi connectivity index (χ1n) is 6.93. The number of nitrogens with zero attached hydrogens (tertiary/aromatic N) is 2. The molecular formula is C15H17N3O2S. The summed E-state index contributed by atoms with van der Waals surface area (Å²) in [4.78, 5) is 14.1. The van der Waals surface area contributed by atoms with Crippen LogP contribution in [0.25, 0.3) is 0 Å². The Hall–Kier alpha value is -1.95. The second kappa shape index (κ2) is 6.67. The van der Waals surface area contributed by atoms with Gasteiger partial charge in [-0.25, -0.2) is 0 Å². The van der Waals surface area contributed by atoms with Gasteiger partial charge in [0.25, 0.3) is 5.91 Å². The third kappa shape index (κ3) is 3.58. The number of anilines is 1. The van der Waals surface area contributed by atoms with E-state index in [0.717, 1.165) is 18.7 Å². The third-order valence-corrected chi connectivity index (χ3v) is 4.38. The molecule has 1 aromatic carbocycles. The van der Waals surface area contributed by atoms with E-state index in [1.165, 1.54) is 23.5 Å². The van der Waals surface area contributed by atoms with E-state index < -0.39 is 0 Å². The maximum absolute atomic E-state index is 11.7. The van der Waals surface area contributed by atoms with Gasteiger partial charge in [0.2, 0.25) is 0 Å². The standard InChI is InChI=1S/C15H17N3O2S/c19-15(14-5-8-20-17-14)16-11-12-1-3-13(4-2-12)18-6-9-21-10-7-18/h1-5,8H,6-7,9-11H2,(H,16,19). The van der Waals surface area contributed by atoms with Crippen molar-refractivity contribution in [1.29, 1.82) is 0 Å². The van der Waals surface area contributed by atoms with Gasteiger partial charge in [-0.2, -0.15) is 11.8 Å². The first-order valence-corrected chi connectivity index (χ1v) is 8.08. The summed E-state index contributed by atoms with van der Waals surface area (Å²) in [5.41, 5.74) is 2.63. The molecule has 0 unspecified atom stereocenters. The highest BCUT2D eigenvalue weighted by Crippen LogP contribution is 2.19. The number of rotatable bonds is 4. The molecule has 110 valence electrons. The van der Waals surface area contributed by atoms with Crippen LogP contribution in [0.5, 0.6) is 0 Å². The van der Waals surface area contributed by atoms with Gasteiger partial charge in [0.15, 0.2) is 5.69 Å². The Balaban J connectivity index is 1.55. The first-order chi connectivity index (χ1) is 10.3. The predicted octanol–water partition coefficient (Wildman–Crippen LogP) is 2.16. The van der Waals surface area contributed by atoms with E-state index in [1.54, 1.807) is 6.07 Å². The second-order valence-corrected chi connectivity index (χ2v) is 6.06. The Morgan fingerprint density at radius 1 is 1.24 bits per heavy atom. The van der Waals surface area contributed by atoms with Crippen molar-refractivity contribution in [2.75, 3.05) is 29.5 Å². The van der Waals surface area contributed by atoms with Crippen molar-refractivity contribution in [3.05, 3.63) is 47.9 Å². The lowest BCUT2D eigenvalue weighted by molar-refractivity contribution is 0.0942. The summed E-state index contributed by atoms with van der Waals surface area (Å²) in [6, 6.07) is 9.90. The highest BCUT2D eigenvalue weighted by Gasteiger charge is 2.11. The van der Waals surface area contributed by atoms with E-state index in [-0.39, 0.29) is 5.91 Å². The van der Waals surface area contributed by atoms with Gasteiger partial charge in [-0.05, 0) is 17.7 Å². The van der Waals surface area contributed by atoms with Crippen LogP contribution < -0.4 is 10.2 Å². The molecule has 0 spiro atoms. The molecule has 0 bridgehead atoms. The van der Waals surface area contributed by atoms with Crippen LogP contribution in [-0.2, 0) is 6.54 Å². The molecule has 5 nitrogen and oxygen atoms in total. The fraction of sp³-hybridized carbons (Fsp3) is 0.333. The zero-order chi connectivity index (χ0) is 14.5. The van der Waals surface area contributed by atoms with E-state index in [9.17, 15) is 4.79 Å². The minimum absolute atomic E-state index is 0.221. The van der Waals surface area contributed by atoms with Gasteiger partial charge in [0, 0.05) is 42.9 Å². The van der Waals surface area contributed by atoms with Crippen molar-refractivity contribution in [2.24, 2.45) is 0 Å². The van der Waals surface area contributed by atoms with Crippen molar-refractivity contribution < 1.29 is 9.32 Å². The van der Waals surface area contributed by atoms with Crippen LogP contribution in [0.2, 0.25) is 0 Å². The summed E-state index contributed by atoms with van der Waals surface area (Å²) >= 11 is 2.00. The van der Waals surface area contributed by atoms with Crippen molar-refractivity contribution in [3.63, 3.8) is 0 Å². The van der Waals surface area contributed by atoms with Crippen LogP contribution in [0.15, 0.2) is 41.1 Å². The summed E-state index contributed by atoms with van der Waals surface area (Å²) in [5, 5.41) is 6.43. The van der Waals surface area contributed by atoms with Gasteiger partial charge in [0.05, 0.1) is 0 Å². The quantitative estimate of drug-likeness (QED) is 0.938. The third-order valence-electron chi connectivity index (χ3n) is 3.44. The van der Waals surface area contributed by atoms with Crippen LogP contribution in [0.4, 0.5) is 5.69 Å². The molecule has 1 aliphatic rings. The monoisotopic (exact) mass is 303 g/mol. The Morgan fingerprint density at radius 3 is 2.67 bits per heavy atom. The average molecular weight is 303 g/mol. The maximum atomic E-state index is 11.7. The number of carbonyl (C=O) groups is 1. The number of aromatic nitrogens is 1. The Bertz CT molecular complexity index is 577. The molecule has 0 saturated carbocycles. The van der Waals surface area contributed by atoms with Gasteiger partial charge in [-0.3, -0.25) is 4.79 Å². The lowest BCUT2D eigenvalue weighted by Crippen LogP contribution is -2.32. The van der Waals surface area contributed by atoms with Gasteiger partial charge in [-0.1, -0.05) is 17.3 Å². The molecule has 3 rings (SSSR count). The molecule has 0 aliphatic carbocycles. The molecule has 6 heteroatoms. The van der Waals surface area contributed by atoms with Gasteiger partial charge in [0.1, 0.15) is 6.26 Å². The average Bonchev–Trinajstić information content (AvgIpc) is 3.08. The van der Waals surface area contributed by atoms with Crippen molar-refractivity contribution in [1.82, 2.24) is 10.5 Å². The molecular weight excluding hydrogens is 286 g/mol. The van der Waals surface area contributed by atoms with Crippen molar-refractivity contribution in [2.45, 2.75) is 6.54 Å². The number of nitrogens with one attached hydrogen (secondary N) is 1. The normalized spacial score (nSPS) is 15.0. The number of hydrogen-bond acceptors (Lipinski definition) is 5. The number of hydrogen-bond donors (Lipinski definition) is 1. The van der Waals surface area contributed by atoms with Crippen LogP contribution in [-0.4, -0.2) is 35.7 Å². The first kappa shape index (κ1) is 14.0. The molecule has 1 amide bonds.